The molecule has 1 nitrogen and oxygen atoms in total. The highest BCUT2D eigenvalue weighted by molar-refractivity contribution is 8.08. The number of allylic oxidation sites excluding steroid dienone is 2. The lowest BCUT2D eigenvalue weighted by Gasteiger charge is -2.11. The summed E-state index contributed by atoms with van der Waals surface area (Å²) in [6, 6.07) is 0. The van der Waals surface area contributed by atoms with Gasteiger partial charge in [-0.05, 0) is 17.6 Å². The first-order chi connectivity index (χ1) is 5.12. The highest BCUT2D eigenvalue weighted by Crippen LogP contribution is 2.55. The van der Waals surface area contributed by atoms with Crippen LogP contribution < -0.4 is 0 Å². The van der Waals surface area contributed by atoms with E-state index >= 15 is 0 Å². The summed E-state index contributed by atoms with van der Waals surface area (Å²) in [5.41, 5.74) is 1.35. The van der Waals surface area contributed by atoms with E-state index in [1.807, 2.05) is 12.2 Å². The average molecular weight is 168 g/mol. The Kier molecular flexibility index (Phi) is 1.45. The summed E-state index contributed by atoms with van der Waals surface area (Å²) in [5, 5.41) is 9.92. The molecule has 2 rings (SSSR count). The van der Waals surface area contributed by atoms with Crippen LogP contribution in [0, 0.1) is 5.92 Å². The first-order valence-electron chi connectivity index (χ1n) is 3.93. The minimum Gasteiger partial charge on any atom is -0.374 e. The van der Waals surface area contributed by atoms with E-state index in [4.69, 9.17) is 0 Å². The van der Waals surface area contributed by atoms with Crippen LogP contribution in [0.2, 0.25) is 0 Å². The number of rotatable bonds is 1. The molecule has 2 aliphatic rings. The molecule has 60 valence electrons. The van der Waals surface area contributed by atoms with E-state index in [1.165, 1.54) is 5.57 Å². The molecule has 0 aromatic carbocycles. The van der Waals surface area contributed by atoms with Gasteiger partial charge in [0.15, 0.2) is 0 Å². The molecule has 1 aliphatic heterocycles. The summed E-state index contributed by atoms with van der Waals surface area (Å²) in [5.74, 6) is 0.581. The third-order valence-corrected chi connectivity index (χ3v) is 3.45. The summed E-state index contributed by atoms with van der Waals surface area (Å²) < 4.78 is 0. The van der Waals surface area contributed by atoms with Crippen molar-refractivity contribution in [3.8, 4) is 0 Å². The summed E-state index contributed by atoms with van der Waals surface area (Å²) >= 11 is 1.61. The quantitative estimate of drug-likeness (QED) is 0.604. The van der Waals surface area contributed by atoms with Crippen LogP contribution >= 0.6 is 11.8 Å². The molecule has 1 aliphatic carbocycles. The predicted molar refractivity (Wildman–Crippen MR) is 48.4 cm³/mol. The van der Waals surface area contributed by atoms with Gasteiger partial charge in [0.2, 0.25) is 0 Å². The Morgan fingerprint density at radius 2 is 2.36 bits per heavy atom. The van der Waals surface area contributed by atoms with Crippen LogP contribution in [0.5, 0.6) is 0 Å². The number of fused-ring (bicyclic) bond motifs is 1. The van der Waals surface area contributed by atoms with Crippen LogP contribution in [0.15, 0.2) is 23.8 Å². The number of hydrogen-bond donors (Lipinski definition) is 1. The predicted octanol–water partition coefficient (Wildman–Crippen LogP) is 1.94. The SMILES string of the molecule is CC(C)C1=CC2SC2(O)C=C1. The Morgan fingerprint density at radius 3 is 2.91 bits per heavy atom. The van der Waals surface area contributed by atoms with Gasteiger partial charge in [-0.25, -0.2) is 0 Å². The fourth-order valence-electron chi connectivity index (χ4n) is 1.29. The summed E-state index contributed by atoms with van der Waals surface area (Å²) in [6.07, 6.45) is 6.13. The lowest BCUT2D eigenvalue weighted by molar-refractivity contribution is 0.228. The maximum absolute atomic E-state index is 9.58. The van der Waals surface area contributed by atoms with E-state index in [0.717, 1.165) is 0 Å². The van der Waals surface area contributed by atoms with Gasteiger partial charge < -0.3 is 5.11 Å². The Labute approximate surface area is 71.2 Å². The van der Waals surface area contributed by atoms with E-state index in [1.54, 1.807) is 11.8 Å². The van der Waals surface area contributed by atoms with Gasteiger partial charge in [-0.2, -0.15) is 0 Å². The van der Waals surface area contributed by atoms with Crippen molar-refractivity contribution in [1.29, 1.82) is 0 Å². The van der Waals surface area contributed by atoms with Gasteiger partial charge in [0.25, 0.3) is 0 Å². The fraction of sp³-hybridized carbons (Fsp3) is 0.556. The molecule has 1 heterocycles. The zero-order valence-corrected chi connectivity index (χ0v) is 7.56. The molecular weight excluding hydrogens is 156 g/mol. The van der Waals surface area contributed by atoms with Crippen LogP contribution in [0.4, 0.5) is 0 Å². The molecule has 0 bridgehead atoms. The van der Waals surface area contributed by atoms with Crippen molar-refractivity contribution < 1.29 is 5.11 Å². The van der Waals surface area contributed by atoms with Gasteiger partial charge in [0.1, 0.15) is 4.93 Å². The minimum atomic E-state index is -0.529. The summed E-state index contributed by atoms with van der Waals surface area (Å²) in [4.78, 5) is -0.529. The Bertz CT molecular complexity index is 242. The summed E-state index contributed by atoms with van der Waals surface area (Å²) in [7, 11) is 0. The normalized spacial score (nSPS) is 40.4. The molecule has 1 N–H and O–H groups in total. The first-order valence-corrected chi connectivity index (χ1v) is 4.81. The second kappa shape index (κ2) is 2.14. The molecule has 0 radical (unpaired) electrons. The molecule has 0 saturated carbocycles. The Hall–Kier alpha value is -0.210. The molecule has 1 fully saturated rings. The zero-order chi connectivity index (χ0) is 8.06. The lowest BCUT2D eigenvalue weighted by Crippen LogP contribution is -2.12. The number of aliphatic hydroxyl groups is 1. The molecule has 2 unspecified atom stereocenters. The van der Waals surface area contributed by atoms with Crippen molar-refractivity contribution in [3.63, 3.8) is 0 Å². The molecule has 1 saturated heterocycles. The molecule has 0 aromatic rings. The molecule has 11 heavy (non-hydrogen) atoms. The smallest absolute Gasteiger partial charge is 0.145 e. The van der Waals surface area contributed by atoms with Gasteiger partial charge in [0.05, 0.1) is 5.25 Å². The van der Waals surface area contributed by atoms with Gasteiger partial charge in [-0.1, -0.05) is 26.0 Å². The van der Waals surface area contributed by atoms with Crippen LogP contribution in [0.25, 0.3) is 0 Å². The minimum absolute atomic E-state index is 0.338. The third-order valence-electron chi connectivity index (χ3n) is 2.19. The van der Waals surface area contributed by atoms with E-state index in [-0.39, 0.29) is 0 Å². The highest BCUT2D eigenvalue weighted by atomic mass is 32.2. The van der Waals surface area contributed by atoms with E-state index < -0.39 is 4.93 Å². The highest BCUT2D eigenvalue weighted by Gasteiger charge is 2.52. The Balaban J connectivity index is 2.19. The number of hydrogen-bond acceptors (Lipinski definition) is 2. The van der Waals surface area contributed by atoms with E-state index in [0.29, 0.717) is 11.2 Å². The van der Waals surface area contributed by atoms with Crippen molar-refractivity contribution in [1.82, 2.24) is 0 Å². The van der Waals surface area contributed by atoms with E-state index in [2.05, 4.69) is 19.9 Å². The largest absolute Gasteiger partial charge is 0.374 e. The zero-order valence-electron chi connectivity index (χ0n) is 6.74. The van der Waals surface area contributed by atoms with Gasteiger partial charge in [-0.3, -0.25) is 0 Å². The second-order valence-corrected chi connectivity index (χ2v) is 4.84. The van der Waals surface area contributed by atoms with Crippen molar-refractivity contribution in [2.45, 2.75) is 24.0 Å². The van der Waals surface area contributed by atoms with Gasteiger partial charge >= 0.3 is 0 Å². The standard InChI is InChI=1S/C9H12OS/c1-6(2)7-3-4-9(10)8(5-7)11-9/h3-6,8,10H,1-2H3. The Morgan fingerprint density at radius 1 is 1.64 bits per heavy atom. The fourth-order valence-corrected chi connectivity index (χ4v) is 2.14. The van der Waals surface area contributed by atoms with Crippen LogP contribution in [-0.4, -0.2) is 15.3 Å². The average Bonchev–Trinajstić information content (AvgIpc) is 2.58. The van der Waals surface area contributed by atoms with Crippen molar-refractivity contribution in [2.24, 2.45) is 5.92 Å². The first kappa shape index (κ1) is 7.44. The maximum Gasteiger partial charge on any atom is 0.145 e. The molecule has 2 heteroatoms. The van der Waals surface area contributed by atoms with Crippen molar-refractivity contribution >= 4 is 11.8 Å². The van der Waals surface area contributed by atoms with E-state index in [9.17, 15) is 5.11 Å². The topological polar surface area (TPSA) is 20.2 Å². The van der Waals surface area contributed by atoms with Crippen LogP contribution in [-0.2, 0) is 0 Å². The third kappa shape index (κ3) is 1.14. The molecule has 2 atom stereocenters. The molecule has 0 aromatic heterocycles. The van der Waals surface area contributed by atoms with Gasteiger partial charge in [-0.15, -0.1) is 11.8 Å². The van der Waals surface area contributed by atoms with Crippen molar-refractivity contribution in [3.05, 3.63) is 23.8 Å². The molecule has 0 amide bonds. The monoisotopic (exact) mass is 168 g/mol. The molecular formula is C9H12OS. The maximum atomic E-state index is 9.58. The van der Waals surface area contributed by atoms with Gasteiger partial charge in [0, 0.05) is 0 Å². The van der Waals surface area contributed by atoms with Crippen LogP contribution in [0.1, 0.15) is 13.8 Å². The lowest BCUT2D eigenvalue weighted by atomic mass is 9.96. The number of thioether (sulfide) groups is 1. The summed E-state index contributed by atoms with van der Waals surface area (Å²) in [6.45, 7) is 4.35. The molecule has 0 spiro atoms. The van der Waals surface area contributed by atoms with Crippen LogP contribution in [0.3, 0.4) is 0 Å². The second-order valence-electron chi connectivity index (χ2n) is 3.45. The van der Waals surface area contributed by atoms with Crippen molar-refractivity contribution in [2.75, 3.05) is 0 Å².